The first-order chi connectivity index (χ1) is 12.7. The van der Waals surface area contributed by atoms with Gasteiger partial charge < -0.3 is 15.4 Å². The molecule has 152 valence electrons. The molecule has 0 saturated heterocycles. The van der Waals surface area contributed by atoms with E-state index >= 15 is 0 Å². The van der Waals surface area contributed by atoms with Crippen LogP contribution in [0, 0.1) is 5.41 Å². The van der Waals surface area contributed by atoms with Crippen LogP contribution in [0.3, 0.4) is 0 Å². The maximum absolute atomic E-state index is 5.62. The maximum Gasteiger partial charge on any atom is 0.193 e. The summed E-state index contributed by atoms with van der Waals surface area (Å²) in [5, 5.41) is 8.99. The van der Waals surface area contributed by atoms with Crippen LogP contribution in [0.2, 0.25) is 0 Å². The zero-order valence-electron chi connectivity index (χ0n) is 16.4. The highest BCUT2D eigenvalue weighted by atomic mass is 127. The molecule has 2 aromatic rings. The molecule has 1 saturated carbocycles. The number of hydrogen-bond donors (Lipinski definition) is 2. The van der Waals surface area contributed by atoms with E-state index in [0.29, 0.717) is 12.0 Å². The van der Waals surface area contributed by atoms with Gasteiger partial charge >= 0.3 is 0 Å². The van der Waals surface area contributed by atoms with Gasteiger partial charge in [0, 0.05) is 44.1 Å². The third-order valence-electron chi connectivity index (χ3n) is 5.16. The smallest absolute Gasteiger partial charge is 0.193 e. The van der Waals surface area contributed by atoms with Crippen molar-refractivity contribution in [3.63, 3.8) is 0 Å². The van der Waals surface area contributed by atoms with Crippen molar-refractivity contribution in [2.24, 2.45) is 10.4 Å². The number of fused-ring (bicyclic) bond motifs is 1. The summed E-state index contributed by atoms with van der Waals surface area (Å²) in [4.78, 5) is 10.4. The Morgan fingerprint density at radius 1 is 1.33 bits per heavy atom. The van der Waals surface area contributed by atoms with Crippen LogP contribution in [0.1, 0.15) is 51.6 Å². The molecule has 0 amide bonds. The second kappa shape index (κ2) is 11.2. The minimum absolute atomic E-state index is 0. The standard InChI is InChI=1S/C19H31N5OS.HI/c1-3-20-17(21-13-16-14-24-10-12-26-18(24)23-16)22-15-19(7-5-6-8-19)9-11-25-4-2;/h10,12,14H,3-9,11,13,15H2,1-2H3,(H2,20,21,22);1H. The highest BCUT2D eigenvalue weighted by Gasteiger charge is 2.33. The Balaban J connectivity index is 0.00000261. The van der Waals surface area contributed by atoms with E-state index in [1.165, 1.54) is 25.7 Å². The average molecular weight is 505 g/mol. The summed E-state index contributed by atoms with van der Waals surface area (Å²) in [5.41, 5.74) is 1.35. The van der Waals surface area contributed by atoms with Crippen LogP contribution in [0.25, 0.3) is 4.96 Å². The molecule has 0 radical (unpaired) electrons. The molecule has 2 N–H and O–H groups in total. The highest BCUT2D eigenvalue weighted by molar-refractivity contribution is 14.0. The number of nitrogens with zero attached hydrogens (tertiary/aromatic N) is 3. The average Bonchev–Trinajstić information content (AvgIpc) is 3.34. The van der Waals surface area contributed by atoms with Crippen molar-refractivity contribution >= 4 is 46.2 Å². The summed E-state index contributed by atoms with van der Waals surface area (Å²) < 4.78 is 7.67. The van der Waals surface area contributed by atoms with Crippen molar-refractivity contribution in [2.45, 2.75) is 52.5 Å². The van der Waals surface area contributed by atoms with E-state index < -0.39 is 0 Å². The summed E-state index contributed by atoms with van der Waals surface area (Å²) in [6.07, 6.45) is 10.4. The van der Waals surface area contributed by atoms with Gasteiger partial charge in [0.25, 0.3) is 0 Å². The summed E-state index contributed by atoms with van der Waals surface area (Å²) in [6.45, 7) is 8.24. The Morgan fingerprint density at radius 2 is 2.15 bits per heavy atom. The monoisotopic (exact) mass is 505 g/mol. The zero-order chi connectivity index (χ0) is 18.2. The number of imidazole rings is 1. The molecule has 2 heterocycles. The van der Waals surface area contributed by atoms with Crippen LogP contribution in [-0.4, -0.2) is 41.6 Å². The van der Waals surface area contributed by atoms with Crippen molar-refractivity contribution in [1.82, 2.24) is 20.0 Å². The molecule has 1 aliphatic carbocycles. The number of rotatable bonds is 9. The number of halogens is 1. The van der Waals surface area contributed by atoms with Gasteiger partial charge in [0.05, 0.1) is 12.2 Å². The molecule has 6 nitrogen and oxygen atoms in total. The number of aromatic nitrogens is 2. The fourth-order valence-electron chi connectivity index (χ4n) is 3.70. The van der Waals surface area contributed by atoms with E-state index in [9.17, 15) is 0 Å². The van der Waals surface area contributed by atoms with E-state index in [4.69, 9.17) is 9.73 Å². The van der Waals surface area contributed by atoms with Gasteiger partial charge in [0.1, 0.15) is 0 Å². The fraction of sp³-hybridized carbons (Fsp3) is 0.684. The summed E-state index contributed by atoms with van der Waals surface area (Å²) >= 11 is 1.65. The Bertz CT molecular complexity index is 679. The normalized spacial score (nSPS) is 16.4. The summed E-state index contributed by atoms with van der Waals surface area (Å²) in [5.74, 6) is 0.881. The quantitative estimate of drug-likeness (QED) is 0.234. The molecular weight excluding hydrogens is 473 g/mol. The lowest BCUT2D eigenvalue weighted by Crippen LogP contribution is -2.43. The lowest BCUT2D eigenvalue weighted by molar-refractivity contribution is 0.105. The maximum atomic E-state index is 5.62. The number of guanidine groups is 1. The number of nitrogens with one attached hydrogen (secondary N) is 2. The fourth-order valence-corrected chi connectivity index (χ4v) is 4.42. The lowest BCUT2D eigenvalue weighted by atomic mass is 9.83. The van der Waals surface area contributed by atoms with Crippen molar-refractivity contribution in [1.29, 1.82) is 0 Å². The molecule has 27 heavy (non-hydrogen) atoms. The van der Waals surface area contributed by atoms with Gasteiger partial charge in [-0.05, 0) is 38.5 Å². The van der Waals surface area contributed by atoms with Crippen molar-refractivity contribution in [2.75, 3.05) is 26.3 Å². The summed E-state index contributed by atoms with van der Waals surface area (Å²) in [6, 6.07) is 0. The molecule has 0 spiro atoms. The van der Waals surface area contributed by atoms with Crippen LogP contribution in [0.5, 0.6) is 0 Å². The van der Waals surface area contributed by atoms with Crippen LogP contribution in [0.4, 0.5) is 0 Å². The molecule has 2 aromatic heterocycles. The highest BCUT2D eigenvalue weighted by Crippen LogP contribution is 2.40. The minimum atomic E-state index is 0. The topological polar surface area (TPSA) is 63.0 Å². The van der Waals surface area contributed by atoms with Crippen LogP contribution in [0.15, 0.2) is 22.8 Å². The first-order valence-corrected chi connectivity index (χ1v) is 10.6. The molecule has 0 aliphatic heterocycles. The number of thiazole rings is 1. The van der Waals surface area contributed by atoms with Gasteiger partial charge in [-0.1, -0.05) is 12.8 Å². The van der Waals surface area contributed by atoms with E-state index in [1.54, 1.807) is 11.3 Å². The van der Waals surface area contributed by atoms with Gasteiger partial charge in [-0.25, -0.2) is 9.98 Å². The Kier molecular flexibility index (Phi) is 9.31. The van der Waals surface area contributed by atoms with Crippen molar-refractivity contribution < 1.29 is 4.74 Å². The largest absolute Gasteiger partial charge is 0.382 e. The first kappa shape index (κ1) is 22.4. The molecular formula is C19H32IN5OS. The lowest BCUT2D eigenvalue weighted by Gasteiger charge is -2.30. The summed E-state index contributed by atoms with van der Waals surface area (Å²) in [7, 11) is 0. The predicted octanol–water partition coefficient (Wildman–Crippen LogP) is 4.06. The Labute approximate surface area is 183 Å². The SMILES string of the molecule is CCNC(=NCc1cn2ccsc2n1)NCC1(CCOCC)CCCC1.I. The molecule has 0 aromatic carbocycles. The molecule has 1 aliphatic rings. The Morgan fingerprint density at radius 3 is 2.85 bits per heavy atom. The van der Waals surface area contributed by atoms with Crippen LogP contribution < -0.4 is 10.6 Å². The molecule has 3 rings (SSSR count). The van der Waals surface area contributed by atoms with Crippen molar-refractivity contribution in [3.05, 3.63) is 23.5 Å². The molecule has 0 atom stereocenters. The molecule has 0 bridgehead atoms. The van der Waals surface area contributed by atoms with Gasteiger partial charge in [-0.3, -0.25) is 4.40 Å². The molecule has 0 unspecified atom stereocenters. The van der Waals surface area contributed by atoms with Crippen LogP contribution in [-0.2, 0) is 11.3 Å². The van der Waals surface area contributed by atoms with Gasteiger partial charge in [-0.15, -0.1) is 35.3 Å². The molecule has 1 fully saturated rings. The third-order valence-corrected chi connectivity index (χ3v) is 5.93. The van der Waals surface area contributed by atoms with E-state index in [2.05, 4.69) is 40.1 Å². The van der Waals surface area contributed by atoms with Crippen molar-refractivity contribution in [3.8, 4) is 0 Å². The third kappa shape index (κ3) is 6.32. The number of ether oxygens (including phenoxy) is 1. The van der Waals surface area contributed by atoms with Gasteiger partial charge in [0.15, 0.2) is 10.9 Å². The van der Waals surface area contributed by atoms with E-state index in [1.807, 2.05) is 11.6 Å². The first-order valence-electron chi connectivity index (χ1n) is 9.76. The Hall–Kier alpha value is -0.870. The van der Waals surface area contributed by atoms with E-state index in [0.717, 1.165) is 49.3 Å². The number of aliphatic imine (C=N–C) groups is 1. The number of hydrogen-bond acceptors (Lipinski definition) is 4. The predicted molar refractivity (Wildman–Crippen MR) is 123 cm³/mol. The van der Waals surface area contributed by atoms with Crippen LogP contribution >= 0.6 is 35.3 Å². The second-order valence-electron chi connectivity index (χ2n) is 7.03. The minimum Gasteiger partial charge on any atom is -0.382 e. The van der Waals surface area contributed by atoms with Gasteiger partial charge in [-0.2, -0.15) is 0 Å². The van der Waals surface area contributed by atoms with Gasteiger partial charge in [0.2, 0.25) is 0 Å². The zero-order valence-corrected chi connectivity index (χ0v) is 19.5. The molecule has 8 heteroatoms. The second-order valence-corrected chi connectivity index (χ2v) is 7.90. The van der Waals surface area contributed by atoms with E-state index in [-0.39, 0.29) is 24.0 Å².